The van der Waals surface area contributed by atoms with Gasteiger partial charge in [0, 0.05) is 52.4 Å². The van der Waals surface area contributed by atoms with Crippen LogP contribution in [0, 0.1) is 11.8 Å². The summed E-state index contributed by atoms with van der Waals surface area (Å²) in [6.07, 6.45) is 5.09. The van der Waals surface area contributed by atoms with E-state index in [1.807, 2.05) is 7.05 Å². The van der Waals surface area contributed by atoms with Crippen molar-refractivity contribution in [1.82, 2.24) is 20.4 Å². The van der Waals surface area contributed by atoms with Crippen molar-refractivity contribution in [2.24, 2.45) is 16.8 Å². The largest absolute Gasteiger partial charge is 0.355 e. The van der Waals surface area contributed by atoms with E-state index < -0.39 is 0 Å². The van der Waals surface area contributed by atoms with Gasteiger partial charge in [-0.3, -0.25) is 4.99 Å². The van der Waals surface area contributed by atoms with Crippen molar-refractivity contribution >= 4 is 29.9 Å². The van der Waals surface area contributed by atoms with Gasteiger partial charge < -0.3 is 20.4 Å². The number of halogens is 1. The predicted molar refractivity (Wildman–Crippen MR) is 119 cm³/mol. The second-order valence-electron chi connectivity index (χ2n) is 7.96. The van der Waals surface area contributed by atoms with Gasteiger partial charge in [0.05, 0.1) is 0 Å². The molecule has 0 aromatic carbocycles. The third-order valence-electron chi connectivity index (χ3n) is 5.36. The van der Waals surface area contributed by atoms with Gasteiger partial charge in [-0.1, -0.05) is 20.8 Å². The van der Waals surface area contributed by atoms with Gasteiger partial charge in [-0.2, -0.15) is 0 Å². The Morgan fingerprint density at radius 3 is 2.24 bits per heavy atom. The summed E-state index contributed by atoms with van der Waals surface area (Å²) in [5.41, 5.74) is 0. The Morgan fingerprint density at radius 1 is 1.04 bits per heavy atom. The third-order valence-corrected chi connectivity index (χ3v) is 5.36. The summed E-state index contributed by atoms with van der Waals surface area (Å²) in [5, 5.41) is 7.13. The maximum Gasteiger partial charge on any atom is 0.191 e. The molecule has 2 saturated heterocycles. The Hall–Kier alpha value is -0.0800. The number of likely N-dealkylation sites (tertiary alicyclic amines) is 2. The van der Waals surface area contributed by atoms with Crippen molar-refractivity contribution in [2.75, 3.05) is 52.9 Å². The Kier molecular flexibility index (Phi) is 11.3. The highest BCUT2D eigenvalue weighted by Crippen LogP contribution is 2.20. The fourth-order valence-electron chi connectivity index (χ4n) is 4.31. The maximum atomic E-state index is 4.41. The Bertz CT molecular complexity index is 372. The zero-order chi connectivity index (χ0) is 17.4. The van der Waals surface area contributed by atoms with E-state index in [1.165, 1.54) is 58.4 Å². The first-order valence-electron chi connectivity index (χ1n) is 10.0. The molecule has 0 saturated carbocycles. The van der Waals surface area contributed by atoms with E-state index in [9.17, 15) is 0 Å². The first-order chi connectivity index (χ1) is 11.6. The number of aliphatic imine (C=N–C) groups is 1. The third kappa shape index (κ3) is 8.43. The normalized spacial score (nSPS) is 27.0. The summed E-state index contributed by atoms with van der Waals surface area (Å²) in [7, 11) is 1.88. The fraction of sp³-hybridized carbons (Fsp3) is 0.947. The Labute approximate surface area is 172 Å². The number of hydrogen-bond acceptors (Lipinski definition) is 3. The van der Waals surface area contributed by atoms with E-state index in [4.69, 9.17) is 0 Å². The van der Waals surface area contributed by atoms with Crippen LogP contribution < -0.4 is 10.6 Å². The van der Waals surface area contributed by atoms with Gasteiger partial charge in [0.2, 0.25) is 0 Å². The highest BCUT2D eigenvalue weighted by atomic mass is 127. The lowest BCUT2D eigenvalue weighted by atomic mass is 9.92. The minimum absolute atomic E-state index is 0. The first kappa shape index (κ1) is 23.0. The van der Waals surface area contributed by atoms with E-state index in [2.05, 4.69) is 46.2 Å². The molecule has 6 heteroatoms. The second kappa shape index (κ2) is 12.3. The van der Waals surface area contributed by atoms with Gasteiger partial charge in [-0.15, -0.1) is 24.0 Å². The van der Waals surface area contributed by atoms with Crippen molar-refractivity contribution in [3.63, 3.8) is 0 Å². The van der Waals surface area contributed by atoms with Crippen molar-refractivity contribution in [2.45, 2.75) is 52.5 Å². The molecule has 0 bridgehead atoms. The van der Waals surface area contributed by atoms with E-state index in [1.54, 1.807) is 0 Å². The molecule has 0 aliphatic carbocycles. The van der Waals surface area contributed by atoms with Crippen LogP contribution in [-0.4, -0.2) is 74.7 Å². The SMILES string of the molecule is CCCN1CCC(NC(=NC)NCCN2CC(C)CC(C)C2)CC1.I. The lowest BCUT2D eigenvalue weighted by Crippen LogP contribution is -2.50. The van der Waals surface area contributed by atoms with Crippen LogP contribution in [0.3, 0.4) is 0 Å². The lowest BCUT2D eigenvalue weighted by Gasteiger charge is -2.35. The quantitative estimate of drug-likeness (QED) is 0.360. The molecule has 0 aromatic heterocycles. The molecule has 148 valence electrons. The minimum atomic E-state index is 0. The molecule has 0 amide bonds. The second-order valence-corrected chi connectivity index (χ2v) is 7.96. The molecule has 0 radical (unpaired) electrons. The molecule has 2 atom stereocenters. The highest BCUT2D eigenvalue weighted by Gasteiger charge is 2.22. The molecule has 2 heterocycles. The number of piperidine rings is 2. The van der Waals surface area contributed by atoms with Gasteiger partial charge in [0.25, 0.3) is 0 Å². The maximum absolute atomic E-state index is 4.41. The molecule has 25 heavy (non-hydrogen) atoms. The Balaban J connectivity index is 0.00000312. The topological polar surface area (TPSA) is 42.9 Å². The molecule has 0 spiro atoms. The van der Waals surface area contributed by atoms with E-state index >= 15 is 0 Å². The highest BCUT2D eigenvalue weighted by molar-refractivity contribution is 14.0. The number of rotatable bonds is 6. The molecule has 5 nitrogen and oxygen atoms in total. The smallest absolute Gasteiger partial charge is 0.191 e. The van der Waals surface area contributed by atoms with Crippen LogP contribution >= 0.6 is 24.0 Å². The summed E-state index contributed by atoms with van der Waals surface area (Å²) >= 11 is 0. The molecule has 2 unspecified atom stereocenters. The van der Waals surface area contributed by atoms with Crippen LogP contribution in [0.1, 0.15) is 46.5 Å². The van der Waals surface area contributed by atoms with Crippen LogP contribution in [0.25, 0.3) is 0 Å². The molecule has 2 rings (SSSR count). The minimum Gasteiger partial charge on any atom is -0.355 e. The summed E-state index contributed by atoms with van der Waals surface area (Å²) in [6, 6.07) is 0.569. The molecular weight excluding hydrogens is 425 g/mol. The lowest BCUT2D eigenvalue weighted by molar-refractivity contribution is 0.143. The van der Waals surface area contributed by atoms with Crippen LogP contribution in [0.2, 0.25) is 0 Å². The summed E-state index contributed by atoms with van der Waals surface area (Å²) in [5.74, 6) is 2.64. The number of guanidine groups is 1. The monoisotopic (exact) mass is 465 g/mol. The van der Waals surface area contributed by atoms with E-state index in [-0.39, 0.29) is 24.0 Å². The predicted octanol–water partition coefficient (Wildman–Crippen LogP) is 2.62. The number of nitrogens with zero attached hydrogens (tertiary/aromatic N) is 3. The molecular formula is C19H40IN5. The van der Waals surface area contributed by atoms with Crippen molar-refractivity contribution in [3.8, 4) is 0 Å². The van der Waals surface area contributed by atoms with Crippen molar-refractivity contribution in [3.05, 3.63) is 0 Å². The number of hydrogen-bond donors (Lipinski definition) is 2. The average Bonchev–Trinajstić information content (AvgIpc) is 2.55. The summed E-state index contributed by atoms with van der Waals surface area (Å²) < 4.78 is 0. The van der Waals surface area contributed by atoms with Crippen LogP contribution in [-0.2, 0) is 0 Å². The van der Waals surface area contributed by atoms with Crippen LogP contribution in [0.15, 0.2) is 4.99 Å². The molecule has 2 fully saturated rings. The van der Waals surface area contributed by atoms with Gasteiger partial charge >= 0.3 is 0 Å². The summed E-state index contributed by atoms with van der Waals surface area (Å²) in [6.45, 7) is 15.3. The molecule has 0 aromatic rings. The van der Waals surface area contributed by atoms with Crippen molar-refractivity contribution in [1.29, 1.82) is 0 Å². The van der Waals surface area contributed by atoms with Gasteiger partial charge in [0.15, 0.2) is 5.96 Å². The van der Waals surface area contributed by atoms with Crippen LogP contribution in [0.4, 0.5) is 0 Å². The first-order valence-corrected chi connectivity index (χ1v) is 10.0. The zero-order valence-corrected chi connectivity index (χ0v) is 19.1. The fourth-order valence-corrected chi connectivity index (χ4v) is 4.31. The summed E-state index contributed by atoms with van der Waals surface area (Å²) in [4.78, 5) is 9.59. The zero-order valence-electron chi connectivity index (χ0n) is 16.8. The average molecular weight is 465 g/mol. The van der Waals surface area contributed by atoms with E-state index in [0.29, 0.717) is 6.04 Å². The van der Waals surface area contributed by atoms with Gasteiger partial charge in [0.1, 0.15) is 0 Å². The van der Waals surface area contributed by atoms with Gasteiger partial charge in [-0.05, 0) is 44.1 Å². The standard InChI is InChI=1S/C19H39N5.HI/c1-5-9-23-10-6-18(7-11-23)22-19(20-4)21-8-12-24-14-16(2)13-17(3)15-24;/h16-18H,5-15H2,1-4H3,(H2,20,21,22);1H. The van der Waals surface area contributed by atoms with Gasteiger partial charge in [-0.25, -0.2) is 0 Å². The molecule has 2 aliphatic rings. The van der Waals surface area contributed by atoms with Crippen molar-refractivity contribution < 1.29 is 0 Å². The molecule has 2 N–H and O–H groups in total. The van der Waals surface area contributed by atoms with E-state index in [0.717, 1.165) is 30.9 Å². The Morgan fingerprint density at radius 2 is 1.68 bits per heavy atom. The number of nitrogens with one attached hydrogen (secondary N) is 2. The van der Waals surface area contributed by atoms with Crippen LogP contribution in [0.5, 0.6) is 0 Å². The molecule has 2 aliphatic heterocycles.